The van der Waals surface area contributed by atoms with Crippen molar-refractivity contribution >= 4 is 17.2 Å². The number of hydrogen-bond acceptors (Lipinski definition) is 5. The van der Waals surface area contributed by atoms with Crippen molar-refractivity contribution in [3.63, 3.8) is 0 Å². The van der Waals surface area contributed by atoms with Crippen LogP contribution >= 0.6 is 11.3 Å². The van der Waals surface area contributed by atoms with Crippen LogP contribution in [-0.4, -0.2) is 42.1 Å². The first kappa shape index (κ1) is 13.9. The fourth-order valence-electron chi connectivity index (χ4n) is 2.34. The molecule has 3 rings (SSSR count). The minimum atomic E-state index is 0.0262. The summed E-state index contributed by atoms with van der Waals surface area (Å²) in [5.41, 5.74) is 0.672. The van der Waals surface area contributed by atoms with E-state index in [4.69, 9.17) is 9.47 Å². The molecule has 1 aliphatic rings. The van der Waals surface area contributed by atoms with Gasteiger partial charge in [-0.15, -0.1) is 0 Å². The zero-order chi connectivity index (χ0) is 14.7. The molecule has 0 saturated carbocycles. The van der Waals surface area contributed by atoms with Gasteiger partial charge in [-0.25, -0.2) is 4.98 Å². The van der Waals surface area contributed by atoms with E-state index in [1.54, 1.807) is 37.6 Å². The average molecular weight is 304 g/mol. The second-order valence-corrected chi connectivity index (χ2v) is 5.66. The molecule has 1 atom stereocenters. The largest absolute Gasteiger partial charge is 0.497 e. The van der Waals surface area contributed by atoms with E-state index >= 15 is 0 Å². The second-order valence-electron chi connectivity index (χ2n) is 4.81. The SMILES string of the molecule is COc1ccc(C(=O)N2CCC(Oc3nccs3)C2)cc1. The molecule has 0 radical (unpaired) electrons. The van der Waals surface area contributed by atoms with Crippen molar-refractivity contribution in [2.45, 2.75) is 12.5 Å². The quantitative estimate of drug-likeness (QED) is 0.870. The first-order chi connectivity index (χ1) is 10.3. The fraction of sp³-hybridized carbons (Fsp3) is 0.333. The summed E-state index contributed by atoms with van der Waals surface area (Å²) in [7, 11) is 1.61. The van der Waals surface area contributed by atoms with Crippen LogP contribution in [0.4, 0.5) is 0 Å². The van der Waals surface area contributed by atoms with Crippen molar-refractivity contribution in [1.82, 2.24) is 9.88 Å². The summed E-state index contributed by atoms with van der Waals surface area (Å²) in [6.07, 6.45) is 2.58. The maximum Gasteiger partial charge on any atom is 0.273 e. The number of carbonyl (C=O) groups excluding carboxylic acids is 1. The summed E-state index contributed by atoms with van der Waals surface area (Å²) >= 11 is 1.47. The Bertz CT molecular complexity index is 598. The van der Waals surface area contributed by atoms with Gasteiger partial charge in [0.1, 0.15) is 11.9 Å². The van der Waals surface area contributed by atoms with E-state index < -0.39 is 0 Å². The zero-order valence-corrected chi connectivity index (χ0v) is 12.5. The molecule has 0 spiro atoms. The third-order valence-electron chi connectivity index (χ3n) is 3.45. The van der Waals surface area contributed by atoms with Crippen LogP contribution in [0.1, 0.15) is 16.8 Å². The van der Waals surface area contributed by atoms with Gasteiger partial charge >= 0.3 is 0 Å². The van der Waals surface area contributed by atoms with Crippen LogP contribution in [0.3, 0.4) is 0 Å². The minimum absolute atomic E-state index is 0.0262. The molecule has 21 heavy (non-hydrogen) atoms. The summed E-state index contributed by atoms with van der Waals surface area (Å²) < 4.78 is 10.9. The maximum absolute atomic E-state index is 12.4. The van der Waals surface area contributed by atoms with Gasteiger partial charge in [-0.3, -0.25) is 4.79 Å². The molecule has 1 aliphatic heterocycles. The van der Waals surface area contributed by atoms with Gasteiger partial charge in [-0.1, -0.05) is 11.3 Å². The molecule has 0 aliphatic carbocycles. The number of likely N-dealkylation sites (tertiary alicyclic amines) is 1. The topological polar surface area (TPSA) is 51.7 Å². The van der Waals surface area contributed by atoms with Crippen molar-refractivity contribution < 1.29 is 14.3 Å². The summed E-state index contributed by atoms with van der Waals surface area (Å²) in [5, 5.41) is 2.55. The van der Waals surface area contributed by atoms with E-state index in [0.717, 1.165) is 12.2 Å². The molecule has 2 aromatic rings. The van der Waals surface area contributed by atoms with Crippen LogP contribution in [-0.2, 0) is 0 Å². The Morgan fingerprint density at radius 1 is 1.38 bits per heavy atom. The number of thiazole rings is 1. The smallest absolute Gasteiger partial charge is 0.273 e. The van der Waals surface area contributed by atoms with E-state index in [-0.39, 0.29) is 12.0 Å². The number of aromatic nitrogens is 1. The van der Waals surface area contributed by atoms with Gasteiger partial charge in [-0.05, 0) is 24.3 Å². The summed E-state index contributed by atoms with van der Waals surface area (Å²) in [6.45, 7) is 1.31. The van der Waals surface area contributed by atoms with Gasteiger partial charge < -0.3 is 14.4 Å². The minimum Gasteiger partial charge on any atom is -0.497 e. The van der Waals surface area contributed by atoms with Gasteiger partial charge in [0, 0.05) is 30.1 Å². The highest BCUT2D eigenvalue weighted by molar-refractivity contribution is 7.11. The predicted octanol–water partition coefficient (Wildman–Crippen LogP) is 2.45. The highest BCUT2D eigenvalue weighted by Crippen LogP contribution is 2.22. The summed E-state index contributed by atoms with van der Waals surface area (Å²) in [4.78, 5) is 18.3. The van der Waals surface area contributed by atoms with Crippen LogP contribution in [0.5, 0.6) is 10.9 Å². The van der Waals surface area contributed by atoms with Crippen molar-refractivity contribution in [2.24, 2.45) is 0 Å². The number of methoxy groups -OCH3 is 1. The van der Waals surface area contributed by atoms with Crippen LogP contribution in [0.15, 0.2) is 35.8 Å². The third kappa shape index (κ3) is 3.16. The van der Waals surface area contributed by atoms with Crippen LogP contribution < -0.4 is 9.47 Å². The number of amides is 1. The van der Waals surface area contributed by atoms with Gasteiger partial charge in [0.05, 0.1) is 13.7 Å². The third-order valence-corrected chi connectivity index (χ3v) is 4.11. The monoisotopic (exact) mass is 304 g/mol. The number of carbonyl (C=O) groups is 1. The van der Waals surface area contributed by atoms with Crippen molar-refractivity contribution in [2.75, 3.05) is 20.2 Å². The maximum atomic E-state index is 12.4. The number of hydrogen-bond donors (Lipinski definition) is 0. The lowest BCUT2D eigenvalue weighted by atomic mass is 10.2. The first-order valence-corrected chi connectivity index (χ1v) is 7.63. The highest BCUT2D eigenvalue weighted by atomic mass is 32.1. The molecule has 1 fully saturated rings. The van der Waals surface area contributed by atoms with Crippen molar-refractivity contribution in [3.8, 4) is 10.9 Å². The second kappa shape index (κ2) is 6.13. The highest BCUT2D eigenvalue weighted by Gasteiger charge is 2.28. The van der Waals surface area contributed by atoms with Gasteiger partial charge in [-0.2, -0.15) is 0 Å². The van der Waals surface area contributed by atoms with Crippen LogP contribution in [0, 0.1) is 0 Å². The Balaban J connectivity index is 1.60. The van der Waals surface area contributed by atoms with Crippen molar-refractivity contribution in [1.29, 1.82) is 0 Å². The summed E-state index contributed by atoms with van der Waals surface area (Å²) in [5.74, 6) is 0.779. The Kier molecular flexibility index (Phi) is 4.06. The van der Waals surface area contributed by atoms with Crippen LogP contribution in [0.2, 0.25) is 0 Å². The standard InChI is InChI=1S/C15H16N2O3S/c1-19-12-4-2-11(3-5-12)14(18)17-8-6-13(10-17)20-15-16-7-9-21-15/h2-5,7,9,13H,6,8,10H2,1H3. The lowest BCUT2D eigenvalue weighted by molar-refractivity contribution is 0.0772. The molecule has 1 saturated heterocycles. The molecular weight excluding hydrogens is 288 g/mol. The van der Waals surface area contributed by atoms with E-state index in [0.29, 0.717) is 23.8 Å². The molecule has 0 N–H and O–H groups in total. The first-order valence-electron chi connectivity index (χ1n) is 6.76. The Labute approximate surface area is 127 Å². The van der Waals surface area contributed by atoms with Gasteiger partial charge in [0.15, 0.2) is 0 Å². The lowest BCUT2D eigenvalue weighted by Gasteiger charge is -2.16. The molecule has 2 heterocycles. The van der Waals surface area contributed by atoms with Crippen molar-refractivity contribution in [3.05, 3.63) is 41.4 Å². The number of nitrogens with zero attached hydrogens (tertiary/aromatic N) is 2. The normalized spacial score (nSPS) is 17.8. The predicted molar refractivity (Wildman–Crippen MR) is 80.0 cm³/mol. The zero-order valence-electron chi connectivity index (χ0n) is 11.7. The van der Waals surface area contributed by atoms with Gasteiger partial charge in [0.25, 0.3) is 11.1 Å². The van der Waals surface area contributed by atoms with Crippen LogP contribution in [0.25, 0.3) is 0 Å². The average Bonchev–Trinajstić information content (AvgIpc) is 3.19. The molecule has 1 aromatic heterocycles. The number of rotatable bonds is 4. The van der Waals surface area contributed by atoms with E-state index in [1.807, 2.05) is 10.3 Å². The summed E-state index contributed by atoms with van der Waals surface area (Å²) in [6, 6.07) is 7.17. The number of benzene rings is 1. The Morgan fingerprint density at radius 3 is 2.86 bits per heavy atom. The number of ether oxygens (including phenoxy) is 2. The Hall–Kier alpha value is -2.08. The molecule has 1 amide bonds. The van der Waals surface area contributed by atoms with Gasteiger partial charge in [0.2, 0.25) is 0 Å². The molecule has 6 heteroatoms. The molecule has 5 nitrogen and oxygen atoms in total. The molecule has 110 valence electrons. The van der Waals surface area contributed by atoms with E-state index in [2.05, 4.69) is 4.98 Å². The molecule has 1 aromatic carbocycles. The molecule has 1 unspecified atom stereocenters. The molecular formula is C15H16N2O3S. The van der Waals surface area contributed by atoms with E-state index in [1.165, 1.54) is 11.3 Å². The Morgan fingerprint density at radius 2 is 2.19 bits per heavy atom. The van der Waals surface area contributed by atoms with E-state index in [9.17, 15) is 4.79 Å². The molecule has 0 bridgehead atoms. The lowest BCUT2D eigenvalue weighted by Crippen LogP contribution is -2.30. The fourth-order valence-corrected chi connectivity index (χ4v) is 2.89.